The fraction of sp³-hybridized carbons (Fsp3) is 0.692. The molecule has 4 heteroatoms. The fourth-order valence-corrected chi connectivity index (χ4v) is 2.04. The van der Waals surface area contributed by atoms with Gasteiger partial charge in [-0.3, -0.25) is 9.59 Å². The van der Waals surface area contributed by atoms with Gasteiger partial charge in [0.05, 0.1) is 7.11 Å². The lowest BCUT2D eigenvalue weighted by Crippen LogP contribution is -2.41. The second-order valence-corrected chi connectivity index (χ2v) is 4.72. The van der Waals surface area contributed by atoms with Crippen LogP contribution < -0.4 is 5.32 Å². The largest absolute Gasteiger partial charge is 0.468 e. The molecule has 1 atom stereocenters. The molecule has 0 saturated heterocycles. The van der Waals surface area contributed by atoms with Crippen molar-refractivity contribution in [2.45, 2.75) is 39.0 Å². The summed E-state index contributed by atoms with van der Waals surface area (Å²) in [6, 6.07) is 0. The summed E-state index contributed by atoms with van der Waals surface area (Å²) in [7, 11) is 1.32. The van der Waals surface area contributed by atoms with Crippen LogP contribution in [0.2, 0.25) is 0 Å². The number of nitrogens with one attached hydrogen (secondary N) is 1. The van der Waals surface area contributed by atoms with E-state index in [9.17, 15) is 9.59 Å². The molecular weight excluding hydrogens is 218 g/mol. The van der Waals surface area contributed by atoms with Gasteiger partial charge in [-0.1, -0.05) is 19.1 Å². The van der Waals surface area contributed by atoms with E-state index in [0.29, 0.717) is 0 Å². The number of amides is 1. The summed E-state index contributed by atoms with van der Waals surface area (Å²) >= 11 is 0. The van der Waals surface area contributed by atoms with Crippen LogP contribution in [0.4, 0.5) is 0 Å². The summed E-state index contributed by atoms with van der Waals surface area (Å²) in [5.74, 6) is -0.453. The molecule has 17 heavy (non-hydrogen) atoms. The first-order valence-electron chi connectivity index (χ1n) is 6.08. The van der Waals surface area contributed by atoms with Crippen LogP contribution in [-0.4, -0.2) is 25.5 Å². The van der Waals surface area contributed by atoms with Gasteiger partial charge in [0.1, 0.15) is 6.54 Å². The van der Waals surface area contributed by atoms with Crippen LogP contribution in [-0.2, 0) is 14.3 Å². The van der Waals surface area contributed by atoms with Crippen molar-refractivity contribution in [3.8, 4) is 0 Å². The van der Waals surface area contributed by atoms with Crippen LogP contribution in [0, 0.1) is 5.41 Å². The van der Waals surface area contributed by atoms with Gasteiger partial charge in [-0.15, -0.1) is 0 Å². The quantitative estimate of drug-likeness (QED) is 0.603. The summed E-state index contributed by atoms with van der Waals surface area (Å²) in [6.45, 7) is 1.93. The topological polar surface area (TPSA) is 55.4 Å². The first-order chi connectivity index (χ1) is 8.08. The normalized spacial score (nSPS) is 26.5. The van der Waals surface area contributed by atoms with Crippen LogP contribution in [0.5, 0.6) is 0 Å². The lowest BCUT2D eigenvalue weighted by Gasteiger charge is -2.28. The third-order valence-corrected chi connectivity index (χ3v) is 3.30. The van der Waals surface area contributed by atoms with E-state index in [4.69, 9.17) is 0 Å². The maximum absolute atomic E-state index is 12.1. The highest BCUT2D eigenvalue weighted by Crippen LogP contribution is 2.31. The van der Waals surface area contributed by atoms with Crippen LogP contribution in [0.25, 0.3) is 0 Å². The summed E-state index contributed by atoms with van der Waals surface area (Å²) in [5.41, 5.74) is -0.362. The molecule has 96 valence electrons. The SMILES string of the molecule is COC(=O)CNC(=O)C1(C)CC/C=C/CCC1. The third kappa shape index (κ3) is 4.21. The lowest BCUT2D eigenvalue weighted by atomic mass is 9.78. The van der Waals surface area contributed by atoms with Crippen molar-refractivity contribution in [2.75, 3.05) is 13.7 Å². The minimum Gasteiger partial charge on any atom is -0.468 e. The average molecular weight is 239 g/mol. The molecule has 0 spiro atoms. The van der Waals surface area contributed by atoms with Gasteiger partial charge in [0, 0.05) is 5.41 Å². The Morgan fingerprint density at radius 3 is 2.71 bits per heavy atom. The molecule has 0 aromatic heterocycles. The highest BCUT2D eigenvalue weighted by atomic mass is 16.5. The van der Waals surface area contributed by atoms with Gasteiger partial charge in [-0.05, 0) is 32.1 Å². The van der Waals surface area contributed by atoms with Gasteiger partial charge in [-0.2, -0.15) is 0 Å². The van der Waals surface area contributed by atoms with E-state index >= 15 is 0 Å². The first-order valence-corrected chi connectivity index (χ1v) is 6.08. The van der Waals surface area contributed by atoms with Gasteiger partial charge in [-0.25, -0.2) is 0 Å². The van der Waals surface area contributed by atoms with Crippen LogP contribution in [0.3, 0.4) is 0 Å². The van der Waals surface area contributed by atoms with Gasteiger partial charge < -0.3 is 10.1 Å². The summed E-state index contributed by atoms with van der Waals surface area (Å²) in [4.78, 5) is 23.0. The Kier molecular flexibility index (Phi) is 5.19. The van der Waals surface area contributed by atoms with Crippen molar-refractivity contribution < 1.29 is 14.3 Å². The number of hydrogen-bond donors (Lipinski definition) is 1. The lowest BCUT2D eigenvalue weighted by molar-refractivity contribution is -0.142. The van der Waals surface area contributed by atoms with Crippen molar-refractivity contribution in [3.05, 3.63) is 12.2 Å². The first kappa shape index (κ1) is 13.7. The Hall–Kier alpha value is -1.32. The van der Waals surface area contributed by atoms with Crippen LogP contribution in [0.1, 0.15) is 39.0 Å². The summed E-state index contributed by atoms with van der Waals surface area (Å²) in [5, 5.41) is 2.65. The van der Waals surface area contributed by atoms with E-state index in [1.807, 2.05) is 6.92 Å². The number of hydrogen-bond acceptors (Lipinski definition) is 3. The van der Waals surface area contributed by atoms with Gasteiger partial charge >= 0.3 is 5.97 Å². The average Bonchev–Trinajstić information content (AvgIpc) is 2.30. The fourth-order valence-electron chi connectivity index (χ4n) is 2.04. The molecule has 0 fully saturated rings. The van der Waals surface area contributed by atoms with Crippen molar-refractivity contribution in [3.63, 3.8) is 0 Å². The van der Waals surface area contributed by atoms with E-state index < -0.39 is 5.97 Å². The van der Waals surface area contributed by atoms with Gasteiger partial charge in [0.25, 0.3) is 0 Å². The van der Waals surface area contributed by atoms with Crippen molar-refractivity contribution in [2.24, 2.45) is 5.41 Å². The minimum atomic E-state index is -0.410. The van der Waals surface area contributed by atoms with Gasteiger partial charge in [0.15, 0.2) is 0 Å². The molecule has 0 aliphatic heterocycles. The zero-order chi connectivity index (χ0) is 12.7. The second kappa shape index (κ2) is 6.42. The number of carbonyl (C=O) groups excluding carboxylic acids is 2. The Balaban J connectivity index is 2.52. The van der Waals surface area contributed by atoms with Crippen molar-refractivity contribution in [1.82, 2.24) is 5.32 Å². The molecule has 4 nitrogen and oxygen atoms in total. The number of ether oxygens (including phenoxy) is 1. The monoisotopic (exact) mass is 239 g/mol. The molecule has 1 aliphatic rings. The molecule has 1 rings (SSSR count). The predicted molar refractivity (Wildman–Crippen MR) is 65.4 cm³/mol. The highest BCUT2D eigenvalue weighted by molar-refractivity contribution is 5.85. The van der Waals surface area contributed by atoms with E-state index in [1.165, 1.54) is 7.11 Å². The van der Waals surface area contributed by atoms with Gasteiger partial charge in [0.2, 0.25) is 5.91 Å². The molecule has 1 amide bonds. The Bertz CT molecular complexity index is 312. The molecule has 0 saturated carbocycles. The Morgan fingerprint density at radius 1 is 1.29 bits per heavy atom. The summed E-state index contributed by atoms with van der Waals surface area (Å²) < 4.78 is 4.50. The number of carbonyl (C=O) groups is 2. The Morgan fingerprint density at radius 2 is 2.00 bits per heavy atom. The molecule has 1 aliphatic carbocycles. The van der Waals surface area contributed by atoms with Crippen LogP contribution >= 0.6 is 0 Å². The molecule has 1 N–H and O–H groups in total. The minimum absolute atomic E-state index is 0.0409. The number of allylic oxidation sites excluding steroid dienone is 2. The molecule has 0 aromatic carbocycles. The van der Waals surface area contributed by atoms with E-state index in [-0.39, 0.29) is 17.9 Å². The molecule has 0 radical (unpaired) electrons. The van der Waals surface area contributed by atoms with E-state index in [1.54, 1.807) is 0 Å². The number of methoxy groups -OCH3 is 1. The van der Waals surface area contributed by atoms with Crippen molar-refractivity contribution in [1.29, 1.82) is 0 Å². The Labute approximate surface area is 102 Å². The maximum Gasteiger partial charge on any atom is 0.325 e. The summed E-state index contributed by atoms with van der Waals surface area (Å²) in [6.07, 6.45) is 8.96. The van der Waals surface area contributed by atoms with Crippen LogP contribution in [0.15, 0.2) is 12.2 Å². The second-order valence-electron chi connectivity index (χ2n) is 4.72. The maximum atomic E-state index is 12.1. The molecule has 0 bridgehead atoms. The zero-order valence-corrected chi connectivity index (χ0v) is 10.6. The molecule has 0 heterocycles. The number of rotatable bonds is 3. The van der Waals surface area contributed by atoms with Crippen molar-refractivity contribution >= 4 is 11.9 Å². The van der Waals surface area contributed by atoms with E-state index in [0.717, 1.165) is 32.1 Å². The smallest absolute Gasteiger partial charge is 0.325 e. The predicted octanol–water partition coefficient (Wildman–Crippen LogP) is 1.80. The van der Waals surface area contributed by atoms with E-state index in [2.05, 4.69) is 22.2 Å². The highest BCUT2D eigenvalue weighted by Gasteiger charge is 2.32. The standard InChI is InChI=1S/C13H21NO3/c1-13(8-6-4-3-5-7-9-13)12(16)14-10-11(15)17-2/h3-4H,5-10H2,1-2H3,(H,14,16)/b4-3+. The molecule has 0 aromatic rings. The molecular formula is C13H21NO3. The zero-order valence-electron chi connectivity index (χ0n) is 10.6. The third-order valence-electron chi connectivity index (χ3n) is 3.30. The number of esters is 1. The molecule has 1 unspecified atom stereocenters.